The lowest BCUT2D eigenvalue weighted by molar-refractivity contribution is 0.101. The summed E-state index contributed by atoms with van der Waals surface area (Å²) in [5, 5.41) is 3.90. The minimum atomic E-state index is -0.139. The summed E-state index contributed by atoms with van der Waals surface area (Å²) in [7, 11) is 0. The van der Waals surface area contributed by atoms with Gasteiger partial charge in [-0.2, -0.15) is 0 Å². The molecule has 0 aliphatic carbocycles. The standard InChI is InChI=1S/C23H17BrClNO2/c1-15(27)16-6-8-17(9-7-16)22(26-19-12-10-18(25)11-13-19)14-23(28)20-4-2-3-5-21(20)24/h2-14,26H,1H3/b22-14+. The molecule has 0 heterocycles. The summed E-state index contributed by atoms with van der Waals surface area (Å²) >= 11 is 9.38. The Morgan fingerprint density at radius 3 is 2.11 bits per heavy atom. The number of anilines is 1. The summed E-state index contributed by atoms with van der Waals surface area (Å²) < 4.78 is 0.731. The first-order valence-electron chi connectivity index (χ1n) is 8.58. The van der Waals surface area contributed by atoms with Gasteiger partial charge in [0, 0.05) is 38.1 Å². The normalized spacial score (nSPS) is 11.2. The Hall–Kier alpha value is -2.69. The van der Waals surface area contributed by atoms with Gasteiger partial charge in [0.05, 0.1) is 0 Å². The summed E-state index contributed by atoms with van der Waals surface area (Å²) in [5.74, 6) is -0.147. The lowest BCUT2D eigenvalue weighted by atomic mass is 10.0. The fourth-order valence-corrected chi connectivity index (χ4v) is 3.24. The zero-order chi connectivity index (χ0) is 20.1. The van der Waals surface area contributed by atoms with E-state index in [0.29, 0.717) is 21.8 Å². The zero-order valence-electron chi connectivity index (χ0n) is 15.1. The molecule has 0 bridgehead atoms. The fourth-order valence-electron chi connectivity index (χ4n) is 2.63. The second kappa shape index (κ2) is 9.00. The highest BCUT2D eigenvalue weighted by Gasteiger charge is 2.11. The van der Waals surface area contributed by atoms with Gasteiger partial charge in [-0.05, 0) is 48.9 Å². The SMILES string of the molecule is CC(=O)c1ccc(/C(=C\C(=O)c2ccccc2Br)Nc2ccc(Cl)cc2)cc1. The molecule has 5 heteroatoms. The molecule has 3 rings (SSSR count). The molecule has 0 aliphatic heterocycles. The molecule has 0 radical (unpaired) electrons. The molecule has 0 aromatic heterocycles. The van der Waals surface area contributed by atoms with Crippen molar-refractivity contribution in [2.24, 2.45) is 0 Å². The molecule has 1 N–H and O–H groups in total. The number of benzene rings is 3. The summed E-state index contributed by atoms with van der Waals surface area (Å²) in [4.78, 5) is 24.4. The lowest BCUT2D eigenvalue weighted by Crippen LogP contribution is -2.04. The van der Waals surface area contributed by atoms with Crippen LogP contribution in [0.5, 0.6) is 0 Å². The molecule has 3 aromatic carbocycles. The summed E-state index contributed by atoms with van der Waals surface area (Å²) in [6.45, 7) is 1.52. The molecule has 0 saturated heterocycles. The van der Waals surface area contributed by atoms with Gasteiger partial charge in [0.15, 0.2) is 11.6 Å². The van der Waals surface area contributed by atoms with Crippen molar-refractivity contribution in [1.29, 1.82) is 0 Å². The van der Waals surface area contributed by atoms with Gasteiger partial charge < -0.3 is 5.32 Å². The molecule has 0 saturated carbocycles. The molecule has 28 heavy (non-hydrogen) atoms. The minimum Gasteiger partial charge on any atom is -0.355 e. The summed E-state index contributed by atoms with van der Waals surface area (Å²) in [6.07, 6.45) is 1.55. The maximum absolute atomic E-state index is 12.8. The second-order valence-electron chi connectivity index (χ2n) is 6.17. The molecule has 0 unspecified atom stereocenters. The molecule has 140 valence electrons. The Balaban J connectivity index is 2.00. The Morgan fingerprint density at radius 1 is 0.893 bits per heavy atom. The van der Waals surface area contributed by atoms with E-state index in [9.17, 15) is 9.59 Å². The number of hydrogen-bond acceptors (Lipinski definition) is 3. The number of ketones is 2. The molecular formula is C23H17BrClNO2. The lowest BCUT2D eigenvalue weighted by Gasteiger charge is -2.12. The van der Waals surface area contributed by atoms with E-state index in [-0.39, 0.29) is 11.6 Å². The molecular weight excluding hydrogens is 438 g/mol. The van der Waals surface area contributed by atoms with Crippen LogP contribution in [-0.2, 0) is 0 Å². The van der Waals surface area contributed by atoms with E-state index in [1.165, 1.54) is 6.92 Å². The predicted molar refractivity (Wildman–Crippen MR) is 118 cm³/mol. The molecule has 0 amide bonds. The number of allylic oxidation sites excluding steroid dienone is 1. The van der Waals surface area contributed by atoms with Crippen molar-refractivity contribution < 1.29 is 9.59 Å². The van der Waals surface area contributed by atoms with Crippen LogP contribution in [-0.4, -0.2) is 11.6 Å². The highest BCUT2D eigenvalue weighted by molar-refractivity contribution is 9.10. The molecule has 0 spiro atoms. The maximum Gasteiger partial charge on any atom is 0.189 e. The highest BCUT2D eigenvalue weighted by atomic mass is 79.9. The van der Waals surface area contributed by atoms with Crippen molar-refractivity contribution in [3.63, 3.8) is 0 Å². The van der Waals surface area contributed by atoms with Crippen molar-refractivity contribution in [1.82, 2.24) is 0 Å². The van der Waals surface area contributed by atoms with Gasteiger partial charge in [-0.1, -0.05) is 63.9 Å². The molecule has 3 nitrogen and oxygen atoms in total. The van der Waals surface area contributed by atoms with E-state index in [2.05, 4.69) is 21.2 Å². The summed E-state index contributed by atoms with van der Waals surface area (Å²) in [6, 6.07) is 21.6. The number of Topliss-reactive ketones (excluding diaryl/α,β-unsaturated/α-hetero) is 1. The average molecular weight is 455 g/mol. The Labute approximate surface area is 177 Å². The van der Waals surface area contributed by atoms with Crippen LogP contribution < -0.4 is 5.32 Å². The van der Waals surface area contributed by atoms with Gasteiger partial charge >= 0.3 is 0 Å². The Bertz CT molecular complexity index is 1040. The Kier molecular flexibility index (Phi) is 6.45. The number of halogens is 2. The van der Waals surface area contributed by atoms with E-state index in [4.69, 9.17) is 11.6 Å². The molecule has 3 aromatic rings. The largest absolute Gasteiger partial charge is 0.355 e. The van der Waals surface area contributed by atoms with Crippen LogP contribution in [0.25, 0.3) is 5.70 Å². The van der Waals surface area contributed by atoms with E-state index >= 15 is 0 Å². The first-order chi connectivity index (χ1) is 13.4. The smallest absolute Gasteiger partial charge is 0.189 e. The van der Waals surface area contributed by atoms with Crippen LogP contribution in [0.1, 0.15) is 33.2 Å². The predicted octanol–water partition coefficient (Wildman–Crippen LogP) is 6.64. The van der Waals surface area contributed by atoms with Crippen molar-refractivity contribution in [3.8, 4) is 0 Å². The molecule has 0 fully saturated rings. The van der Waals surface area contributed by atoms with E-state index in [1.54, 1.807) is 36.4 Å². The van der Waals surface area contributed by atoms with Gasteiger partial charge in [-0.15, -0.1) is 0 Å². The second-order valence-corrected chi connectivity index (χ2v) is 7.46. The topological polar surface area (TPSA) is 46.2 Å². The third-order valence-electron chi connectivity index (χ3n) is 4.14. The number of hydrogen-bond donors (Lipinski definition) is 1. The quantitative estimate of drug-likeness (QED) is 0.335. The number of carbonyl (C=O) groups is 2. The van der Waals surface area contributed by atoms with Crippen LogP contribution in [0.4, 0.5) is 5.69 Å². The highest BCUT2D eigenvalue weighted by Crippen LogP contribution is 2.23. The van der Waals surface area contributed by atoms with Crippen LogP contribution in [0, 0.1) is 0 Å². The zero-order valence-corrected chi connectivity index (χ0v) is 17.4. The van der Waals surface area contributed by atoms with Crippen LogP contribution in [0.3, 0.4) is 0 Å². The number of rotatable bonds is 6. The van der Waals surface area contributed by atoms with E-state index in [0.717, 1.165) is 15.7 Å². The van der Waals surface area contributed by atoms with Gasteiger partial charge in [0.1, 0.15) is 0 Å². The van der Waals surface area contributed by atoms with Gasteiger partial charge in [0.25, 0.3) is 0 Å². The van der Waals surface area contributed by atoms with E-state index in [1.807, 2.05) is 42.5 Å². The number of nitrogens with one attached hydrogen (secondary N) is 1. The van der Waals surface area contributed by atoms with Crippen molar-refractivity contribution in [2.75, 3.05) is 5.32 Å². The molecule has 0 aliphatic rings. The van der Waals surface area contributed by atoms with Crippen LogP contribution >= 0.6 is 27.5 Å². The minimum absolute atomic E-state index is 0.00738. The third kappa shape index (κ3) is 4.97. The van der Waals surface area contributed by atoms with Crippen LogP contribution in [0.2, 0.25) is 5.02 Å². The fraction of sp³-hybridized carbons (Fsp3) is 0.0435. The average Bonchev–Trinajstić information content (AvgIpc) is 2.69. The molecule has 0 atom stereocenters. The summed E-state index contributed by atoms with van der Waals surface area (Å²) in [5.41, 5.74) is 3.40. The first kappa shape index (κ1) is 20.1. The van der Waals surface area contributed by atoms with E-state index < -0.39 is 0 Å². The van der Waals surface area contributed by atoms with Crippen molar-refractivity contribution in [3.05, 3.63) is 105 Å². The van der Waals surface area contributed by atoms with Gasteiger partial charge in [-0.25, -0.2) is 0 Å². The monoisotopic (exact) mass is 453 g/mol. The van der Waals surface area contributed by atoms with Gasteiger partial charge in [0.2, 0.25) is 0 Å². The van der Waals surface area contributed by atoms with Crippen molar-refractivity contribution in [2.45, 2.75) is 6.92 Å². The number of carbonyl (C=O) groups excluding carboxylic acids is 2. The first-order valence-corrected chi connectivity index (χ1v) is 9.75. The van der Waals surface area contributed by atoms with Crippen molar-refractivity contribution >= 4 is 50.5 Å². The Morgan fingerprint density at radius 2 is 1.50 bits per heavy atom. The third-order valence-corrected chi connectivity index (χ3v) is 5.08. The maximum atomic E-state index is 12.8. The van der Waals surface area contributed by atoms with Gasteiger partial charge in [-0.3, -0.25) is 9.59 Å². The van der Waals surface area contributed by atoms with Crippen LogP contribution in [0.15, 0.2) is 83.3 Å².